The molecule has 2 atom stereocenters. The summed E-state index contributed by atoms with van der Waals surface area (Å²) in [6, 6.07) is 5.10. The molecule has 0 bridgehead atoms. The third kappa shape index (κ3) is 4.69. The number of carboxylic acids is 1. The SMILES string of the molecule is Cc1c(C(=O)[C@H]2CCN(C(=O)OC(C)(C)C)[C@H](C)C2)c2ccncc2n1-c1ccc(F)cc1C(=O)O. The first kappa shape index (κ1) is 25.3. The molecular weight excluding hydrogens is 465 g/mol. The quantitative estimate of drug-likeness (QED) is 0.487. The van der Waals surface area contributed by atoms with Crippen LogP contribution in [0.5, 0.6) is 0 Å². The number of pyridine rings is 1. The number of likely N-dealkylation sites (tertiary alicyclic amines) is 1. The van der Waals surface area contributed by atoms with Crippen LogP contribution in [0.2, 0.25) is 0 Å². The number of hydrogen-bond donors (Lipinski definition) is 1. The van der Waals surface area contributed by atoms with Gasteiger partial charge < -0.3 is 19.3 Å². The highest BCUT2D eigenvalue weighted by Gasteiger charge is 2.36. The van der Waals surface area contributed by atoms with Gasteiger partial charge >= 0.3 is 12.1 Å². The number of piperidine rings is 1. The molecule has 0 saturated carbocycles. The zero-order chi connectivity index (χ0) is 26.4. The summed E-state index contributed by atoms with van der Waals surface area (Å²) in [5.41, 5.74) is 1.04. The van der Waals surface area contributed by atoms with Crippen molar-refractivity contribution < 1.29 is 28.6 Å². The number of aromatic carboxylic acids is 1. The molecule has 0 unspecified atom stereocenters. The smallest absolute Gasteiger partial charge is 0.410 e. The molecule has 1 saturated heterocycles. The lowest BCUT2D eigenvalue weighted by Crippen LogP contribution is -2.48. The molecule has 1 aliphatic rings. The summed E-state index contributed by atoms with van der Waals surface area (Å²) in [7, 11) is 0. The number of nitrogens with zero attached hydrogens (tertiary/aromatic N) is 3. The molecule has 1 aliphatic heterocycles. The van der Waals surface area contributed by atoms with Crippen LogP contribution >= 0.6 is 0 Å². The lowest BCUT2D eigenvalue weighted by Gasteiger charge is -2.37. The molecule has 36 heavy (non-hydrogen) atoms. The van der Waals surface area contributed by atoms with E-state index in [1.54, 1.807) is 34.9 Å². The van der Waals surface area contributed by atoms with Crippen LogP contribution in [0.1, 0.15) is 66.9 Å². The van der Waals surface area contributed by atoms with Crippen molar-refractivity contribution in [1.29, 1.82) is 0 Å². The third-order valence-corrected chi connectivity index (χ3v) is 6.56. The summed E-state index contributed by atoms with van der Waals surface area (Å²) in [4.78, 5) is 44.2. The van der Waals surface area contributed by atoms with Gasteiger partial charge in [0.25, 0.3) is 0 Å². The van der Waals surface area contributed by atoms with E-state index in [0.29, 0.717) is 41.5 Å². The Morgan fingerprint density at radius 2 is 1.92 bits per heavy atom. The highest BCUT2D eigenvalue weighted by atomic mass is 19.1. The Morgan fingerprint density at radius 3 is 2.56 bits per heavy atom. The van der Waals surface area contributed by atoms with Crippen LogP contribution in [0.3, 0.4) is 0 Å². The van der Waals surface area contributed by atoms with Gasteiger partial charge in [0.05, 0.1) is 23.0 Å². The van der Waals surface area contributed by atoms with Gasteiger partial charge in [0.2, 0.25) is 0 Å². The lowest BCUT2D eigenvalue weighted by molar-refractivity contribution is 0.00734. The fourth-order valence-electron chi connectivity index (χ4n) is 4.97. The van der Waals surface area contributed by atoms with E-state index >= 15 is 0 Å². The summed E-state index contributed by atoms with van der Waals surface area (Å²) in [6.45, 7) is 9.50. The maximum absolute atomic E-state index is 13.9. The Labute approximate surface area is 208 Å². The number of carboxylic acid groups (broad SMARTS) is 1. The maximum atomic E-state index is 13.9. The van der Waals surface area contributed by atoms with Crippen molar-refractivity contribution in [3.63, 3.8) is 0 Å². The summed E-state index contributed by atoms with van der Waals surface area (Å²) in [5, 5.41) is 10.3. The minimum absolute atomic E-state index is 0.0721. The standard InChI is InChI=1S/C27H30FN3O5/c1-15-12-17(9-11-30(15)26(35)36-27(3,4)5)24(32)23-16(2)31(22-14-29-10-8-19(22)23)21-7-6-18(28)13-20(21)25(33)34/h6-8,10,13-15,17H,9,11-12H2,1-5H3,(H,33,34)/t15-,17+/m1/s1. The van der Waals surface area contributed by atoms with E-state index in [4.69, 9.17) is 4.74 Å². The van der Waals surface area contributed by atoms with Crippen LogP contribution in [-0.2, 0) is 4.74 Å². The van der Waals surface area contributed by atoms with E-state index in [2.05, 4.69) is 4.98 Å². The van der Waals surface area contributed by atoms with Gasteiger partial charge in [-0.15, -0.1) is 0 Å². The van der Waals surface area contributed by atoms with Gasteiger partial charge in [-0.25, -0.2) is 14.0 Å². The number of aromatic nitrogens is 2. The van der Waals surface area contributed by atoms with E-state index in [-0.39, 0.29) is 29.0 Å². The normalized spacial score (nSPS) is 18.3. The van der Waals surface area contributed by atoms with Gasteiger partial charge in [0, 0.05) is 41.3 Å². The van der Waals surface area contributed by atoms with E-state index in [9.17, 15) is 23.9 Å². The van der Waals surface area contributed by atoms with E-state index in [1.807, 2.05) is 27.7 Å². The molecular formula is C27H30FN3O5. The van der Waals surface area contributed by atoms with Gasteiger partial charge in [0.15, 0.2) is 5.78 Å². The molecule has 0 aliphatic carbocycles. The van der Waals surface area contributed by atoms with Crippen molar-refractivity contribution in [2.45, 2.75) is 59.1 Å². The number of ketones is 1. The number of carbonyl (C=O) groups is 3. The fraction of sp³-hybridized carbons (Fsp3) is 0.407. The fourth-order valence-corrected chi connectivity index (χ4v) is 4.97. The molecule has 3 aromatic rings. The average molecular weight is 496 g/mol. The van der Waals surface area contributed by atoms with Crippen LogP contribution in [-0.4, -0.2) is 55.6 Å². The molecule has 3 heterocycles. The first-order chi connectivity index (χ1) is 16.9. The highest BCUT2D eigenvalue weighted by molar-refractivity contribution is 6.11. The number of benzene rings is 1. The van der Waals surface area contributed by atoms with Gasteiger partial charge in [-0.3, -0.25) is 9.78 Å². The monoisotopic (exact) mass is 495 g/mol. The van der Waals surface area contributed by atoms with E-state index < -0.39 is 23.5 Å². The summed E-state index contributed by atoms with van der Waals surface area (Å²) in [5.74, 6) is -2.33. The van der Waals surface area contributed by atoms with Crippen molar-refractivity contribution in [2.24, 2.45) is 5.92 Å². The van der Waals surface area contributed by atoms with Crippen molar-refractivity contribution >= 4 is 28.7 Å². The predicted molar refractivity (Wildman–Crippen MR) is 132 cm³/mol. The molecule has 1 fully saturated rings. The van der Waals surface area contributed by atoms with Crippen molar-refractivity contribution in [3.05, 3.63) is 59.3 Å². The third-order valence-electron chi connectivity index (χ3n) is 6.56. The summed E-state index contributed by atoms with van der Waals surface area (Å²) < 4.78 is 21.0. The van der Waals surface area contributed by atoms with Crippen LogP contribution in [0.4, 0.5) is 9.18 Å². The topological polar surface area (TPSA) is 102 Å². The Balaban J connectivity index is 1.71. The largest absolute Gasteiger partial charge is 0.478 e. The Kier molecular flexibility index (Phi) is 6.60. The number of amides is 1. The van der Waals surface area contributed by atoms with Crippen molar-refractivity contribution in [3.8, 4) is 5.69 Å². The number of Topliss-reactive ketones (excluding diaryl/α,β-unsaturated/α-hetero) is 1. The number of hydrogen-bond acceptors (Lipinski definition) is 5. The first-order valence-electron chi connectivity index (χ1n) is 11.9. The van der Waals surface area contributed by atoms with Crippen LogP contribution < -0.4 is 0 Å². The Bertz CT molecular complexity index is 1360. The van der Waals surface area contributed by atoms with Gasteiger partial charge in [0.1, 0.15) is 11.4 Å². The molecule has 8 nitrogen and oxygen atoms in total. The predicted octanol–water partition coefficient (Wildman–Crippen LogP) is 5.39. The Hall–Kier alpha value is -3.75. The van der Waals surface area contributed by atoms with Crippen LogP contribution in [0, 0.1) is 18.7 Å². The number of halogens is 1. The Morgan fingerprint density at radius 1 is 1.19 bits per heavy atom. The van der Waals surface area contributed by atoms with Gasteiger partial charge in [-0.2, -0.15) is 0 Å². The number of ether oxygens (including phenoxy) is 1. The number of carbonyl (C=O) groups excluding carboxylic acids is 2. The highest BCUT2D eigenvalue weighted by Crippen LogP contribution is 2.35. The van der Waals surface area contributed by atoms with Crippen molar-refractivity contribution in [2.75, 3.05) is 6.54 Å². The molecule has 0 radical (unpaired) electrons. The van der Waals surface area contributed by atoms with Gasteiger partial charge in [-0.1, -0.05) is 0 Å². The zero-order valence-corrected chi connectivity index (χ0v) is 21.0. The number of fused-ring (bicyclic) bond motifs is 1. The minimum atomic E-state index is -1.27. The second kappa shape index (κ2) is 9.37. The first-order valence-corrected chi connectivity index (χ1v) is 11.9. The summed E-state index contributed by atoms with van der Waals surface area (Å²) in [6.07, 6.45) is 3.72. The molecule has 190 valence electrons. The van der Waals surface area contributed by atoms with Crippen LogP contribution in [0.15, 0.2) is 36.7 Å². The zero-order valence-electron chi connectivity index (χ0n) is 21.0. The average Bonchev–Trinajstić information content (AvgIpc) is 3.08. The lowest BCUT2D eigenvalue weighted by atomic mass is 9.85. The molecule has 4 rings (SSSR count). The maximum Gasteiger partial charge on any atom is 0.410 e. The van der Waals surface area contributed by atoms with E-state index in [0.717, 1.165) is 6.07 Å². The van der Waals surface area contributed by atoms with Crippen LogP contribution in [0.25, 0.3) is 16.6 Å². The molecule has 2 aromatic heterocycles. The molecule has 0 spiro atoms. The molecule has 1 amide bonds. The van der Waals surface area contributed by atoms with Gasteiger partial charge in [-0.05, 0) is 71.7 Å². The second-order valence-corrected chi connectivity index (χ2v) is 10.3. The summed E-state index contributed by atoms with van der Waals surface area (Å²) >= 11 is 0. The molecule has 9 heteroatoms. The minimum Gasteiger partial charge on any atom is -0.478 e. The number of rotatable bonds is 4. The van der Waals surface area contributed by atoms with E-state index in [1.165, 1.54) is 12.1 Å². The second-order valence-electron chi connectivity index (χ2n) is 10.3. The molecule has 1 N–H and O–H groups in total. The molecule has 1 aromatic carbocycles. The van der Waals surface area contributed by atoms with Crippen molar-refractivity contribution in [1.82, 2.24) is 14.5 Å².